The number of nitro groups is 1. The van der Waals surface area contributed by atoms with E-state index in [0.29, 0.717) is 23.5 Å². The number of benzene rings is 2. The zero-order valence-corrected chi connectivity index (χ0v) is 10.00. The third-order valence-corrected chi connectivity index (χ3v) is 2.61. The second-order valence-corrected chi connectivity index (χ2v) is 3.82. The van der Waals surface area contributed by atoms with E-state index in [-0.39, 0.29) is 10.6 Å². The molecular formula is C14H13NO3. The van der Waals surface area contributed by atoms with Gasteiger partial charge in [0.05, 0.1) is 4.92 Å². The van der Waals surface area contributed by atoms with Crippen LogP contribution in [0.5, 0.6) is 11.5 Å². The fourth-order valence-electron chi connectivity index (χ4n) is 1.71. The highest BCUT2D eigenvalue weighted by atomic mass is 16.6. The molecule has 92 valence electrons. The van der Waals surface area contributed by atoms with Crippen LogP contribution < -0.4 is 4.74 Å². The van der Waals surface area contributed by atoms with Gasteiger partial charge in [-0.15, -0.1) is 0 Å². The van der Waals surface area contributed by atoms with Crippen molar-refractivity contribution in [3.8, 4) is 11.5 Å². The predicted molar refractivity (Wildman–Crippen MR) is 69.0 cm³/mol. The standard InChI is InChI=1S/C14H13NO3/c1-2-11-10-13(8-9-14(11)15(16)17)18-12-6-4-3-5-7-12/h3-10H,2H2,1H3. The van der Waals surface area contributed by atoms with Gasteiger partial charge in [-0.25, -0.2) is 0 Å². The molecule has 18 heavy (non-hydrogen) atoms. The molecule has 0 unspecified atom stereocenters. The lowest BCUT2D eigenvalue weighted by Gasteiger charge is -2.07. The normalized spacial score (nSPS) is 10.1. The molecule has 0 bridgehead atoms. The average molecular weight is 243 g/mol. The highest BCUT2D eigenvalue weighted by Crippen LogP contribution is 2.27. The summed E-state index contributed by atoms with van der Waals surface area (Å²) in [4.78, 5) is 10.4. The van der Waals surface area contributed by atoms with Crippen molar-refractivity contribution in [1.82, 2.24) is 0 Å². The van der Waals surface area contributed by atoms with Crippen LogP contribution in [0, 0.1) is 10.1 Å². The van der Waals surface area contributed by atoms with E-state index >= 15 is 0 Å². The summed E-state index contributed by atoms with van der Waals surface area (Å²) in [7, 11) is 0. The first-order valence-electron chi connectivity index (χ1n) is 5.71. The SMILES string of the molecule is CCc1cc(Oc2ccccc2)ccc1[N+](=O)[O-]. The summed E-state index contributed by atoms with van der Waals surface area (Å²) in [6, 6.07) is 14.1. The molecule has 0 aromatic heterocycles. The van der Waals surface area contributed by atoms with Crippen LogP contribution >= 0.6 is 0 Å². The average Bonchev–Trinajstić information content (AvgIpc) is 2.39. The van der Waals surface area contributed by atoms with Crippen LogP contribution in [0.3, 0.4) is 0 Å². The van der Waals surface area contributed by atoms with Crippen LogP contribution in [-0.2, 0) is 6.42 Å². The van der Waals surface area contributed by atoms with Gasteiger partial charge in [-0.3, -0.25) is 10.1 Å². The molecule has 2 aromatic carbocycles. The van der Waals surface area contributed by atoms with Gasteiger partial charge in [-0.1, -0.05) is 25.1 Å². The van der Waals surface area contributed by atoms with Gasteiger partial charge < -0.3 is 4.74 Å². The summed E-state index contributed by atoms with van der Waals surface area (Å²) in [5, 5.41) is 10.8. The van der Waals surface area contributed by atoms with Crippen molar-refractivity contribution < 1.29 is 9.66 Å². The van der Waals surface area contributed by atoms with Gasteiger partial charge in [-0.2, -0.15) is 0 Å². The van der Waals surface area contributed by atoms with E-state index in [0.717, 1.165) is 0 Å². The molecule has 2 aromatic rings. The molecule has 2 rings (SSSR count). The highest BCUT2D eigenvalue weighted by molar-refractivity contribution is 5.46. The Bertz CT molecular complexity index is 552. The van der Waals surface area contributed by atoms with Crippen LogP contribution in [-0.4, -0.2) is 4.92 Å². The maximum atomic E-state index is 10.8. The quantitative estimate of drug-likeness (QED) is 0.603. The van der Waals surface area contributed by atoms with Crippen molar-refractivity contribution in [1.29, 1.82) is 0 Å². The molecule has 4 heteroatoms. The first-order valence-corrected chi connectivity index (χ1v) is 5.71. The largest absolute Gasteiger partial charge is 0.457 e. The lowest BCUT2D eigenvalue weighted by molar-refractivity contribution is -0.385. The maximum Gasteiger partial charge on any atom is 0.272 e. The Balaban J connectivity index is 2.28. The number of rotatable bonds is 4. The van der Waals surface area contributed by atoms with Gasteiger partial charge in [0.25, 0.3) is 5.69 Å². The molecule has 0 fully saturated rings. The molecule has 4 nitrogen and oxygen atoms in total. The summed E-state index contributed by atoms with van der Waals surface area (Å²) in [6.45, 7) is 1.88. The van der Waals surface area contributed by atoms with Gasteiger partial charge in [0.15, 0.2) is 0 Å². The van der Waals surface area contributed by atoms with Crippen molar-refractivity contribution in [2.75, 3.05) is 0 Å². The van der Waals surface area contributed by atoms with Gasteiger partial charge >= 0.3 is 0 Å². The van der Waals surface area contributed by atoms with Crippen LogP contribution in [0.15, 0.2) is 48.5 Å². The zero-order valence-electron chi connectivity index (χ0n) is 10.00. The number of para-hydroxylation sites is 1. The molecule has 0 spiro atoms. The number of ether oxygens (including phenoxy) is 1. The third kappa shape index (κ3) is 2.66. The minimum Gasteiger partial charge on any atom is -0.457 e. The number of hydrogen-bond acceptors (Lipinski definition) is 3. The van der Waals surface area contributed by atoms with E-state index in [2.05, 4.69) is 0 Å². The van der Waals surface area contributed by atoms with Gasteiger partial charge in [0, 0.05) is 11.6 Å². The second-order valence-electron chi connectivity index (χ2n) is 3.82. The molecule has 0 radical (unpaired) electrons. The molecule has 0 saturated carbocycles. The highest BCUT2D eigenvalue weighted by Gasteiger charge is 2.13. The Labute approximate surface area is 105 Å². The van der Waals surface area contributed by atoms with Crippen LogP contribution in [0.1, 0.15) is 12.5 Å². The molecule has 0 heterocycles. The van der Waals surface area contributed by atoms with Crippen LogP contribution in [0.4, 0.5) is 5.69 Å². The summed E-state index contributed by atoms with van der Waals surface area (Å²) >= 11 is 0. The van der Waals surface area contributed by atoms with Gasteiger partial charge in [0.2, 0.25) is 0 Å². The summed E-state index contributed by atoms with van der Waals surface area (Å²) in [5.74, 6) is 1.33. The minimum atomic E-state index is -0.370. The number of nitrogens with zero attached hydrogens (tertiary/aromatic N) is 1. The van der Waals surface area contributed by atoms with Gasteiger partial charge in [-0.05, 0) is 30.7 Å². The molecule has 0 aliphatic heterocycles. The predicted octanol–water partition coefficient (Wildman–Crippen LogP) is 3.95. The van der Waals surface area contributed by atoms with Crippen molar-refractivity contribution >= 4 is 5.69 Å². The van der Waals surface area contributed by atoms with E-state index in [1.54, 1.807) is 12.1 Å². The molecule has 0 aliphatic rings. The van der Waals surface area contributed by atoms with Crippen molar-refractivity contribution in [3.63, 3.8) is 0 Å². The Morgan fingerprint density at radius 2 is 1.83 bits per heavy atom. The van der Waals surface area contributed by atoms with E-state index in [9.17, 15) is 10.1 Å². The molecule has 0 N–H and O–H groups in total. The van der Waals surface area contributed by atoms with Crippen molar-refractivity contribution in [2.24, 2.45) is 0 Å². The molecule has 0 atom stereocenters. The Kier molecular flexibility index (Phi) is 3.57. The van der Waals surface area contributed by atoms with E-state index < -0.39 is 0 Å². The summed E-state index contributed by atoms with van der Waals surface area (Å²) in [6.07, 6.45) is 0.600. The Morgan fingerprint density at radius 1 is 1.11 bits per heavy atom. The minimum absolute atomic E-state index is 0.137. The zero-order chi connectivity index (χ0) is 13.0. The summed E-state index contributed by atoms with van der Waals surface area (Å²) in [5.41, 5.74) is 0.811. The van der Waals surface area contributed by atoms with Crippen molar-refractivity contribution in [3.05, 3.63) is 64.2 Å². The fraction of sp³-hybridized carbons (Fsp3) is 0.143. The molecular weight excluding hydrogens is 230 g/mol. The van der Waals surface area contributed by atoms with E-state index in [1.807, 2.05) is 37.3 Å². The second kappa shape index (κ2) is 5.31. The first-order chi connectivity index (χ1) is 8.70. The van der Waals surface area contributed by atoms with E-state index in [1.165, 1.54) is 6.07 Å². The Morgan fingerprint density at radius 3 is 2.44 bits per heavy atom. The first kappa shape index (κ1) is 12.1. The molecule has 0 saturated heterocycles. The van der Waals surface area contributed by atoms with Crippen LogP contribution in [0.25, 0.3) is 0 Å². The fourth-order valence-corrected chi connectivity index (χ4v) is 1.71. The third-order valence-electron chi connectivity index (χ3n) is 2.61. The van der Waals surface area contributed by atoms with Crippen molar-refractivity contribution in [2.45, 2.75) is 13.3 Å². The maximum absolute atomic E-state index is 10.8. The Hall–Kier alpha value is -2.36. The molecule has 0 amide bonds. The van der Waals surface area contributed by atoms with Gasteiger partial charge in [0.1, 0.15) is 11.5 Å². The monoisotopic (exact) mass is 243 g/mol. The lowest BCUT2D eigenvalue weighted by Crippen LogP contribution is -1.95. The number of aryl methyl sites for hydroxylation is 1. The lowest BCUT2D eigenvalue weighted by atomic mass is 10.1. The summed E-state index contributed by atoms with van der Waals surface area (Å²) < 4.78 is 5.63. The topological polar surface area (TPSA) is 52.4 Å². The number of nitro benzene ring substituents is 1. The van der Waals surface area contributed by atoms with Crippen LogP contribution in [0.2, 0.25) is 0 Å². The molecule has 0 aliphatic carbocycles. The smallest absolute Gasteiger partial charge is 0.272 e. The van der Waals surface area contributed by atoms with E-state index in [4.69, 9.17) is 4.74 Å². The number of hydrogen-bond donors (Lipinski definition) is 0.